The Morgan fingerprint density at radius 1 is 0.714 bits per heavy atom. The van der Waals surface area contributed by atoms with Gasteiger partial charge >= 0.3 is 0 Å². The van der Waals surface area contributed by atoms with Crippen LogP contribution in [0, 0.1) is 0 Å². The summed E-state index contributed by atoms with van der Waals surface area (Å²) in [7, 11) is 0. The second-order valence-corrected chi connectivity index (χ2v) is 13.3. The molecular weight excluding hydrogens is 642 g/mol. The fraction of sp³-hybridized carbons (Fsp3) is 0.914. The van der Waals surface area contributed by atoms with Crippen LogP contribution in [-0.2, 0) is 23.7 Å². The summed E-state index contributed by atoms with van der Waals surface area (Å²) in [4.78, 5) is 12.9. The van der Waals surface area contributed by atoms with Crippen LogP contribution in [-0.4, -0.2) is 140 Å². The molecule has 2 aliphatic rings. The van der Waals surface area contributed by atoms with Crippen molar-refractivity contribution in [3.63, 3.8) is 0 Å². The molecule has 2 saturated heterocycles. The highest BCUT2D eigenvalue weighted by Crippen LogP contribution is 2.30. The summed E-state index contributed by atoms with van der Waals surface area (Å²) in [5, 5.41) is 85.7. The number of rotatable bonds is 25. The lowest BCUT2D eigenvalue weighted by Crippen LogP contribution is -2.65. The minimum atomic E-state index is -1.78. The topological polar surface area (TPSA) is 228 Å². The normalized spacial score (nSPS) is 32.0. The number of hydrogen-bond donors (Lipinski definition) is 9. The average Bonchev–Trinajstić information content (AvgIpc) is 3.09. The van der Waals surface area contributed by atoms with Gasteiger partial charge < -0.3 is 65.1 Å². The number of aliphatic hydroxyl groups excluding tert-OH is 8. The van der Waals surface area contributed by atoms with Gasteiger partial charge in [-0.1, -0.05) is 83.8 Å². The zero-order chi connectivity index (χ0) is 36.2. The number of allylic oxidation sites excluding steroid dienone is 2. The van der Waals surface area contributed by atoms with Gasteiger partial charge in [-0.3, -0.25) is 4.79 Å². The van der Waals surface area contributed by atoms with E-state index in [1.165, 1.54) is 0 Å². The van der Waals surface area contributed by atoms with Gasteiger partial charge in [0.2, 0.25) is 5.91 Å². The maximum atomic E-state index is 12.9. The molecule has 0 radical (unpaired) electrons. The largest absolute Gasteiger partial charge is 0.394 e. The summed E-state index contributed by atoms with van der Waals surface area (Å²) in [6.45, 7) is 2.62. The van der Waals surface area contributed by atoms with Gasteiger partial charge in [0.1, 0.15) is 48.8 Å². The third kappa shape index (κ3) is 15.1. The van der Waals surface area contributed by atoms with Gasteiger partial charge in [0.25, 0.3) is 0 Å². The quantitative estimate of drug-likeness (QED) is 0.0476. The molecule has 2 aliphatic heterocycles. The first-order chi connectivity index (χ1) is 23.6. The van der Waals surface area contributed by atoms with Crippen LogP contribution in [0.15, 0.2) is 12.2 Å². The van der Waals surface area contributed by atoms with E-state index in [1.807, 2.05) is 0 Å². The van der Waals surface area contributed by atoms with Crippen molar-refractivity contribution in [1.82, 2.24) is 5.32 Å². The van der Waals surface area contributed by atoms with Gasteiger partial charge in [-0.05, 0) is 32.1 Å². The number of carbonyl (C=O) groups is 1. The second kappa shape index (κ2) is 24.8. The van der Waals surface area contributed by atoms with Gasteiger partial charge in [0, 0.05) is 6.42 Å². The van der Waals surface area contributed by atoms with E-state index in [1.54, 1.807) is 0 Å². The van der Waals surface area contributed by atoms with E-state index < -0.39 is 86.8 Å². The van der Waals surface area contributed by atoms with Gasteiger partial charge in [-0.15, -0.1) is 0 Å². The molecular formula is C35H65NO13. The molecule has 2 heterocycles. The molecule has 0 aromatic rings. The molecule has 12 unspecified atom stereocenters. The molecule has 0 aliphatic carbocycles. The first kappa shape index (κ1) is 43.9. The minimum Gasteiger partial charge on any atom is -0.394 e. The molecule has 14 nitrogen and oxygen atoms in total. The van der Waals surface area contributed by atoms with Crippen LogP contribution in [0.2, 0.25) is 0 Å². The standard InChI is InChI=1S/C35H65NO13/c1-3-5-7-9-10-11-12-13-15-17-19-27(40)36-23(24(39)18-16-14-8-6-4-2)22-46-34-32(45)30(43)33(26(21-38)48-34)49-35-31(44)29(42)28(41)25(20-37)47-35/h7,9,23-26,28-35,37-39,41-45H,3-6,8,10-22H2,1-2H3,(H,36,40)/b9-7-. The smallest absolute Gasteiger partial charge is 0.220 e. The van der Waals surface area contributed by atoms with Crippen molar-refractivity contribution in [1.29, 1.82) is 0 Å². The summed E-state index contributed by atoms with van der Waals surface area (Å²) in [6, 6.07) is -0.822. The first-order valence-electron chi connectivity index (χ1n) is 18.4. The van der Waals surface area contributed by atoms with Crippen LogP contribution in [0.5, 0.6) is 0 Å². The third-order valence-corrected chi connectivity index (χ3v) is 9.21. The maximum Gasteiger partial charge on any atom is 0.220 e. The number of amides is 1. The number of hydrogen-bond acceptors (Lipinski definition) is 13. The van der Waals surface area contributed by atoms with Crippen molar-refractivity contribution in [3.05, 3.63) is 12.2 Å². The van der Waals surface area contributed by atoms with Crippen molar-refractivity contribution in [2.45, 2.75) is 184 Å². The monoisotopic (exact) mass is 707 g/mol. The van der Waals surface area contributed by atoms with E-state index in [0.717, 1.165) is 77.0 Å². The Kier molecular flexibility index (Phi) is 22.2. The summed E-state index contributed by atoms with van der Waals surface area (Å²) >= 11 is 0. The van der Waals surface area contributed by atoms with E-state index in [0.29, 0.717) is 19.3 Å². The number of ether oxygens (including phenoxy) is 4. The lowest BCUT2D eigenvalue weighted by Gasteiger charge is -2.46. The molecule has 0 bridgehead atoms. The molecule has 0 aromatic carbocycles. The predicted molar refractivity (Wildman–Crippen MR) is 180 cm³/mol. The van der Waals surface area contributed by atoms with Crippen LogP contribution in [0.4, 0.5) is 0 Å². The van der Waals surface area contributed by atoms with Crippen molar-refractivity contribution in [2.24, 2.45) is 0 Å². The number of aliphatic hydroxyl groups is 8. The Hall–Kier alpha value is -1.27. The van der Waals surface area contributed by atoms with Crippen molar-refractivity contribution < 1.29 is 64.6 Å². The number of carbonyl (C=O) groups excluding carboxylic acids is 1. The molecule has 2 fully saturated rings. The van der Waals surface area contributed by atoms with Gasteiger partial charge in [0.15, 0.2) is 12.6 Å². The van der Waals surface area contributed by atoms with Crippen LogP contribution in [0.25, 0.3) is 0 Å². The molecule has 49 heavy (non-hydrogen) atoms. The summed E-state index contributed by atoms with van der Waals surface area (Å²) in [5.74, 6) is -0.229. The van der Waals surface area contributed by atoms with Gasteiger partial charge in [-0.25, -0.2) is 0 Å². The van der Waals surface area contributed by atoms with E-state index in [2.05, 4.69) is 31.3 Å². The molecule has 0 saturated carbocycles. The molecule has 14 heteroatoms. The number of unbranched alkanes of at least 4 members (excludes halogenated alkanes) is 10. The van der Waals surface area contributed by atoms with Gasteiger partial charge in [0.05, 0.1) is 32.0 Å². The summed E-state index contributed by atoms with van der Waals surface area (Å²) < 4.78 is 22.4. The SMILES string of the molecule is CCC/C=C\CCCCCCCC(=O)NC(COC1OC(CO)C(OC2OC(CO)C(O)C(O)C2O)C(O)C1O)C(O)CCCCCCC. The molecule has 288 valence electrons. The predicted octanol–water partition coefficient (Wildman–Crippen LogP) is 0.920. The molecule has 0 spiro atoms. The Bertz CT molecular complexity index is 894. The van der Waals surface area contributed by atoms with Crippen molar-refractivity contribution >= 4 is 5.91 Å². The fourth-order valence-electron chi connectivity index (χ4n) is 6.06. The Morgan fingerprint density at radius 3 is 2.02 bits per heavy atom. The van der Waals surface area contributed by atoms with Crippen LogP contribution < -0.4 is 5.32 Å². The highest BCUT2D eigenvalue weighted by molar-refractivity contribution is 5.76. The lowest BCUT2D eigenvalue weighted by molar-refractivity contribution is -0.359. The molecule has 2 rings (SSSR count). The zero-order valence-corrected chi connectivity index (χ0v) is 29.4. The fourth-order valence-corrected chi connectivity index (χ4v) is 6.06. The first-order valence-corrected chi connectivity index (χ1v) is 18.4. The van der Waals surface area contributed by atoms with E-state index in [9.17, 15) is 45.6 Å². The van der Waals surface area contributed by atoms with Gasteiger partial charge in [-0.2, -0.15) is 0 Å². The summed E-state index contributed by atoms with van der Waals surface area (Å²) in [5.41, 5.74) is 0. The van der Waals surface area contributed by atoms with E-state index in [4.69, 9.17) is 18.9 Å². The average molecular weight is 708 g/mol. The van der Waals surface area contributed by atoms with Crippen LogP contribution >= 0.6 is 0 Å². The Labute approximate surface area is 291 Å². The van der Waals surface area contributed by atoms with Crippen LogP contribution in [0.1, 0.15) is 110 Å². The highest BCUT2D eigenvalue weighted by Gasteiger charge is 2.50. The minimum absolute atomic E-state index is 0.229. The second-order valence-electron chi connectivity index (χ2n) is 13.3. The van der Waals surface area contributed by atoms with Crippen molar-refractivity contribution in [2.75, 3.05) is 19.8 Å². The van der Waals surface area contributed by atoms with E-state index >= 15 is 0 Å². The third-order valence-electron chi connectivity index (χ3n) is 9.21. The van der Waals surface area contributed by atoms with Crippen molar-refractivity contribution in [3.8, 4) is 0 Å². The molecule has 12 atom stereocenters. The van der Waals surface area contributed by atoms with E-state index in [-0.39, 0.29) is 12.5 Å². The molecule has 0 aromatic heterocycles. The summed E-state index contributed by atoms with van der Waals surface area (Å²) in [6.07, 6.45) is 1.63. The highest BCUT2D eigenvalue weighted by atomic mass is 16.7. The Balaban J connectivity index is 1.95. The number of nitrogens with one attached hydrogen (secondary N) is 1. The maximum absolute atomic E-state index is 12.9. The Morgan fingerprint density at radius 2 is 1.33 bits per heavy atom. The molecule has 9 N–H and O–H groups in total. The molecule has 1 amide bonds. The zero-order valence-electron chi connectivity index (χ0n) is 29.4. The van der Waals surface area contributed by atoms with Crippen LogP contribution in [0.3, 0.4) is 0 Å². The lowest BCUT2D eigenvalue weighted by atomic mass is 9.97.